The molecule has 1 aliphatic rings. The van der Waals surface area contributed by atoms with Gasteiger partial charge in [0.15, 0.2) is 11.5 Å². The van der Waals surface area contributed by atoms with Crippen molar-refractivity contribution < 1.29 is 13.5 Å². The zero-order valence-electron chi connectivity index (χ0n) is 22.1. The van der Waals surface area contributed by atoms with Gasteiger partial charge < -0.3 is 9.30 Å². The van der Waals surface area contributed by atoms with Crippen molar-refractivity contribution >= 4 is 11.0 Å². The third kappa shape index (κ3) is 4.73. The number of halogens is 2. The molecular weight excluding hydrogens is 502 g/mol. The average molecular weight is 531 g/mol. The Morgan fingerprint density at radius 2 is 1.82 bits per heavy atom. The van der Waals surface area contributed by atoms with Crippen molar-refractivity contribution in [3.63, 3.8) is 0 Å². The van der Waals surface area contributed by atoms with Crippen LogP contribution in [0.2, 0.25) is 0 Å². The van der Waals surface area contributed by atoms with Crippen LogP contribution in [-0.4, -0.2) is 46.4 Å². The molecular formula is C28H28F2N8O. The van der Waals surface area contributed by atoms with Gasteiger partial charge in [0, 0.05) is 36.8 Å². The van der Waals surface area contributed by atoms with E-state index in [2.05, 4.69) is 25.0 Å². The molecule has 0 aliphatic heterocycles. The van der Waals surface area contributed by atoms with Crippen LogP contribution < -0.4 is 4.74 Å². The van der Waals surface area contributed by atoms with Gasteiger partial charge in [-0.05, 0) is 32.3 Å². The van der Waals surface area contributed by atoms with Gasteiger partial charge in [0.1, 0.15) is 23.4 Å². The fourth-order valence-corrected chi connectivity index (χ4v) is 4.66. The minimum absolute atomic E-state index is 0.0123. The van der Waals surface area contributed by atoms with E-state index in [1.54, 1.807) is 24.1 Å². The predicted octanol–water partition coefficient (Wildman–Crippen LogP) is 5.77. The average Bonchev–Trinajstić information content (AvgIpc) is 3.53. The van der Waals surface area contributed by atoms with Crippen LogP contribution in [0, 0.1) is 0 Å². The monoisotopic (exact) mass is 530 g/mol. The number of alkyl halides is 2. The van der Waals surface area contributed by atoms with E-state index in [1.807, 2.05) is 42.8 Å². The largest absolute Gasteiger partial charge is 0.480 e. The van der Waals surface area contributed by atoms with E-state index < -0.39 is 5.92 Å². The summed E-state index contributed by atoms with van der Waals surface area (Å²) in [6.07, 6.45) is 8.58. The first kappa shape index (κ1) is 25.0. The molecule has 9 nitrogen and oxygen atoms in total. The molecule has 0 bridgehead atoms. The van der Waals surface area contributed by atoms with Gasteiger partial charge in [-0.1, -0.05) is 24.3 Å². The van der Waals surface area contributed by atoms with Crippen molar-refractivity contribution in [3.05, 3.63) is 66.1 Å². The molecule has 5 aromatic rings. The number of benzene rings is 1. The highest BCUT2D eigenvalue weighted by atomic mass is 19.3. The van der Waals surface area contributed by atoms with Crippen LogP contribution in [-0.2, 0) is 12.5 Å². The predicted molar refractivity (Wildman–Crippen MR) is 142 cm³/mol. The number of methoxy groups -OCH3 is 1. The van der Waals surface area contributed by atoms with Crippen LogP contribution in [0.15, 0.2) is 49.2 Å². The number of nitrogens with zero attached hydrogens (tertiary/aromatic N) is 8. The van der Waals surface area contributed by atoms with E-state index in [-0.39, 0.29) is 11.7 Å². The summed E-state index contributed by atoms with van der Waals surface area (Å²) in [7, 11) is 1.58. The lowest BCUT2D eigenvalue weighted by Gasteiger charge is -2.12. The van der Waals surface area contributed by atoms with Crippen LogP contribution in [0.4, 0.5) is 8.78 Å². The van der Waals surface area contributed by atoms with Crippen molar-refractivity contribution in [2.45, 2.75) is 58.0 Å². The first-order valence-electron chi connectivity index (χ1n) is 12.9. The Hall–Kier alpha value is -4.28. The highest BCUT2D eigenvalue weighted by Gasteiger charge is 2.32. The molecule has 1 saturated carbocycles. The van der Waals surface area contributed by atoms with Gasteiger partial charge in [-0.25, -0.2) is 29.6 Å². The SMILES string of the molecule is COc1ncnc(C2CC2)c1-c1ncc2cnn(Cc3ccc(-c4nc(C(C)(F)F)cn4C(C)C)cc3)c2n1. The second kappa shape index (κ2) is 9.48. The molecule has 0 N–H and O–H groups in total. The number of rotatable bonds is 8. The highest BCUT2D eigenvalue weighted by Crippen LogP contribution is 2.44. The van der Waals surface area contributed by atoms with Gasteiger partial charge in [-0.15, -0.1) is 0 Å². The summed E-state index contributed by atoms with van der Waals surface area (Å²) >= 11 is 0. The molecule has 0 amide bonds. The molecule has 4 aromatic heterocycles. The Morgan fingerprint density at radius 1 is 1.05 bits per heavy atom. The fraction of sp³-hybridized carbons (Fsp3) is 0.357. The molecule has 200 valence electrons. The number of imidazole rings is 1. The number of hydrogen-bond acceptors (Lipinski definition) is 7. The molecule has 1 fully saturated rings. The Labute approximate surface area is 223 Å². The Kier molecular flexibility index (Phi) is 6.08. The van der Waals surface area contributed by atoms with Crippen molar-refractivity contribution in [3.8, 4) is 28.7 Å². The van der Waals surface area contributed by atoms with E-state index in [0.29, 0.717) is 35.6 Å². The van der Waals surface area contributed by atoms with E-state index in [9.17, 15) is 8.78 Å². The van der Waals surface area contributed by atoms with Crippen LogP contribution in [0.1, 0.15) is 62.5 Å². The smallest absolute Gasteiger partial charge is 0.288 e. The maximum atomic E-state index is 14.0. The van der Waals surface area contributed by atoms with Crippen LogP contribution in [0.3, 0.4) is 0 Å². The Morgan fingerprint density at radius 3 is 2.49 bits per heavy atom. The minimum atomic E-state index is -3.01. The maximum absolute atomic E-state index is 14.0. The summed E-state index contributed by atoms with van der Waals surface area (Å²) in [4.78, 5) is 22.5. The highest BCUT2D eigenvalue weighted by molar-refractivity contribution is 5.77. The number of fused-ring (bicyclic) bond motifs is 1. The molecule has 0 atom stereocenters. The summed E-state index contributed by atoms with van der Waals surface area (Å²) in [5, 5.41) is 5.35. The molecule has 0 spiro atoms. The summed E-state index contributed by atoms with van der Waals surface area (Å²) in [6, 6.07) is 7.69. The molecule has 4 heterocycles. The lowest BCUT2D eigenvalue weighted by Crippen LogP contribution is -2.07. The number of aromatic nitrogens is 8. The molecule has 1 aromatic carbocycles. The first-order chi connectivity index (χ1) is 18.7. The van der Waals surface area contributed by atoms with Gasteiger partial charge in [-0.3, -0.25) is 0 Å². The van der Waals surface area contributed by atoms with Crippen LogP contribution >= 0.6 is 0 Å². The van der Waals surface area contributed by atoms with Gasteiger partial charge in [0.25, 0.3) is 5.92 Å². The van der Waals surface area contributed by atoms with Crippen LogP contribution in [0.25, 0.3) is 33.8 Å². The van der Waals surface area contributed by atoms with Crippen molar-refractivity contribution in [2.75, 3.05) is 7.11 Å². The van der Waals surface area contributed by atoms with Gasteiger partial charge >= 0.3 is 0 Å². The summed E-state index contributed by atoms with van der Waals surface area (Å²) < 4.78 is 37.0. The maximum Gasteiger partial charge on any atom is 0.288 e. The zero-order valence-corrected chi connectivity index (χ0v) is 22.1. The van der Waals surface area contributed by atoms with Gasteiger partial charge in [0.2, 0.25) is 5.88 Å². The topological polar surface area (TPSA) is 96.4 Å². The second-order valence-corrected chi connectivity index (χ2v) is 10.2. The Balaban J connectivity index is 1.32. The lowest BCUT2D eigenvalue weighted by molar-refractivity contribution is 0.0131. The molecule has 11 heteroatoms. The zero-order chi connectivity index (χ0) is 27.3. The quantitative estimate of drug-likeness (QED) is 0.251. The standard InChI is InChI=1S/C28H28F2N8O/c1-16(2)37-14-21(28(3,29)30)35-25(37)19-7-5-17(6-8-19)13-38-26-20(12-34-38)11-31-24(36-26)22-23(18-9-10-18)32-15-33-27(22)39-4/h5-8,11-12,14-16,18H,9-10,13H2,1-4H3. The van der Waals surface area contributed by atoms with Crippen molar-refractivity contribution in [1.82, 2.24) is 39.3 Å². The van der Waals surface area contributed by atoms with Crippen molar-refractivity contribution in [2.24, 2.45) is 0 Å². The van der Waals surface area contributed by atoms with E-state index in [4.69, 9.17) is 9.72 Å². The second-order valence-electron chi connectivity index (χ2n) is 10.2. The van der Waals surface area contributed by atoms with Gasteiger partial charge in [0.05, 0.1) is 30.9 Å². The molecule has 0 unspecified atom stereocenters. The lowest BCUT2D eigenvalue weighted by atomic mass is 10.1. The summed E-state index contributed by atoms with van der Waals surface area (Å²) in [5.41, 5.74) is 3.82. The first-order valence-corrected chi connectivity index (χ1v) is 12.9. The molecule has 0 saturated heterocycles. The third-order valence-corrected chi connectivity index (χ3v) is 6.88. The van der Waals surface area contributed by atoms with E-state index >= 15 is 0 Å². The van der Waals surface area contributed by atoms with E-state index in [0.717, 1.165) is 47.5 Å². The van der Waals surface area contributed by atoms with E-state index in [1.165, 1.54) is 12.5 Å². The minimum Gasteiger partial charge on any atom is -0.480 e. The number of ether oxygens (including phenoxy) is 1. The Bertz CT molecular complexity index is 1650. The molecule has 0 radical (unpaired) electrons. The molecule has 1 aliphatic carbocycles. The third-order valence-electron chi connectivity index (χ3n) is 6.88. The van der Waals surface area contributed by atoms with Crippen molar-refractivity contribution in [1.29, 1.82) is 0 Å². The fourth-order valence-electron chi connectivity index (χ4n) is 4.66. The van der Waals surface area contributed by atoms with Gasteiger partial charge in [-0.2, -0.15) is 13.9 Å². The molecule has 6 rings (SSSR count). The normalized spacial score (nSPS) is 13.9. The summed E-state index contributed by atoms with van der Waals surface area (Å²) in [5.74, 6) is -1.17. The number of hydrogen-bond donors (Lipinski definition) is 0. The van der Waals surface area contributed by atoms with Crippen LogP contribution in [0.5, 0.6) is 5.88 Å². The molecule has 39 heavy (non-hydrogen) atoms. The summed E-state index contributed by atoms with van der Waals surface area (Å²) in [6.45, 7) is 5.22.